The molecule has 1 aromatic carbocycles. The van der Waals surface area contributed by atoms with Gasteiger partial charge in [-0.25, -0.2) is 4.79 Å². The fourth-order valence-corrected chi connectivity index (χ4v) is 2.83. The lowest BCUT2D eigenvalue weighted by atomic mass is 10.0. The van der Waals surface area contributed by atoms with Gasteiger partial charge in [0.05, 0.1) is 10.9 Å². The summed E-state index contributed by atoms with van der Waals surface area (Å²) in [5.74, 6) is 0.724. The summed E-state index contributed by atoms with van der Waals surface area (Å²) in [6.45, 7) is 2.66. The number of benzene rings is 1. The van der Waals surface area contributed by atoms with Crippen molar-refractivity contribution in [2.75, 3.05) is 6.61 Å². The third-order valence-corrected chi connectivity index (χ3v) is 3.82. The molecule has 2 aromatic rings. The minimum atomic E-state index is -0.264. The van der Waals surface area contributed by atoms with Crippen LogP contribution in [0.3, 0.4) is 0 Å². The number of fused-ring (bicyclic) bond motifs is 3. The van der Waals surface area contributed by atoms with Gasteiger partial charge in [0.25, 0.3) is 0 Å². The molecule has 1 aromatic heterocycles. The van der Waals surface area contributed by atoms with Crippen molar-refractivity contribution in [2.45, 2.75) is 17.3 Å². The minimum Gasteiger partial charge on any atom is -0.491 e. The predicted octanol–water partition coefficient (Wildman–Crippen LogP) is 2.84. The van der Waals surface area contributed by atoms with Crippen molar-refractivity contribution in [3.63, 3.8) is 0 Å². The van der Waals surface area contributed by atoms with Crippen LogP contribution >= 0.6 is 22.6 Å². The smallest absolute Gasteiger partial charge is 0.343 e. The zero-order valence-corrected chi connectivity index (χ0v) is 11.5. The SMILES string of the molecule is Cc1cccc2oc(=O)c3c(c12)OCC(I)C3. The first kappa shape index (κ1) is 11.1. The van der Waals surface area contributed by atoms with E-state index in [0.717, 1.165) is 23.1 Å². The minimum absolute atomic E-state index is 0.264. The van der Waals surface area contributed by atoms with Gasteiger partial charge in [0.15, 0.2) is 0 Å². The third-order valence-electron chi connectivity index (χ3n) is 3.02. The lowest BCUT2D eigenvalue weighted by molar-refractivity contribution is 0.297. The summed E-state index contributed by atoms with van der Waals surface area (Å²) in [6, 6.07) is 5.70. The van der Waals surface area contributed by atoms with Crippen LogP contribution in [0.5, 0.6) is 5.75 Å². The maximum atomic E-state index is 11.9. The molecule has 0 aliphatic carbocycles. The van der Waals surface area contributed by atoms with Crippen molar-refractivity contribution >= 4 is 33.6 Å². The van der Waals surface area contributed by atoms with Crippen LogP contribution in [0.4, 0.5) is 0 Å². The van der Waals surface area contributed by atoms with Gasteiger partial charge in [-0.1, -0.05) is 34.7 Å². The molecular weight excluding hydrogens is 331 g/mol. The Hall–Kier alpha value is -1.04. The Balaban J connectivity index is 2.41. The van der Waals surface area contributed by atoms with Gasteiger partial charge in [0.1, 0.15) is 17.9 Å². The average molecular weight is 342 g/mol. The Kier molecular flexibility index (Phi) is 2.61. The molecule has 0 saturated heterocycles. The van der Waals surface area contributed by atoms with E-state index in [1.54, 1.807) is 0 Å². The van der Waals surface area contributed by atoms with E-state index in [4.69, 9.17) is 9.15 Å². The first-order valence-electron chi connectivity index (χ1n) is 5.49. The van der Waals surface area contributed by atoms with Gasteiger partial charge < -0.3 is 9.15 Å². The molecule has 0 amide bonds. The highest BCUT2D eigenvalue weighted by atomic mass is 127. The van der Waals surface area contributed by atoms with Gasteiger partial charge >= 0.3 is 5.63 Å². The summed E-state index contributed by atoms with van der Waals surface area (Å²) in [7, 11) is 0. The first-order valence-corrected chi connectivity index (χ1v) is 6.73. The molecule has 1 aliphatic rings. The second-order valence-corrected chi connectivity index (χ2v) is 6.02. The Morgan fingerprint density at radius 2 is 2.24 bits per heavy atom. The standard InChI is InChI=1S/C13H11IO3/c1-7-3-2-4-10-11(7)12-9(13(15)17-10)5-8(14)6-16-12/h2-4,8H,5-6H2,1H3. The van der Waals surface area contributed by atoms with Crippen LogP contribution in [-0.2, 0) is 6.42 Å². The molecule has 0 radical (unpaired) electrons. The van der Waals surface area contributed by atoms with Gasteiger partial charge in [-0.3, -0.25) is 0 Å². The van der Waals surface area contributed by atoms with Crippen LogP contribution in [-0.4, -0.2) is 10.5 Å². The predicted molar refractivity (Wildman–Crippen MR) is 74.2 cm³/mol. The van der Waals surface area contributed by atoms with Gasteiger partial charge in [-0.05, 0) is 25.0 Å². The normalized spacial score (nSPS) is 18.8. The van der Waals surface area contributed by atoms with E-state index in [1.165, 1.54) is 0 Å². The van der Waals surface area contributed by atoms with Crippen molar-refractivity contribution < 1.29 is 9.15 Å². The molecule has 88 valence electrons. The highest BCUT2D eigenvalue weighted by Gasteiger charge is 2.24. The quantitative estimate of drug-likeness (QED) is 0.420. The number of ether oxygens (including phenoxy) is 1. The molecule has 0 spiro atoms. The van der Waals surface area contributed by atoms with Crippen LogP contribution in [0.1, 0.15) is 11.1 Å². The highest BCUT2D eigenvalue weighted by Crippen LogP contribution is 2.34. The highest BCUT2D eigenvalue weighted by molar-refractivity contribution is 14.1. The van der Waals surface area contributed by atoms with Gasteiger partial charge in [0.2, 0.25) is 0 Å². The monoisotopic (exact) mass is 342 g/mol. The summed E-state index contributed by atoms with van der Waals surface area (Å²) in [5.41, 5.74) is 2.10. The number of aryl methyl sites for hydroxylation is 1. The zero-order valence-electron chi connectivity index (χ0n) is 9.33. The molecule has 4 heteroatoms. The molecule has 1 atom stereocenters. The summed E-state index contributed by atoms with van der Waals surface area (Å²) >= 11 is 2.30. The molecule has 0 N–H and O–H groups in total. The van der Waals surface area contributed by atoms with Crippen molar-refractivity contribution in [1.29, 1.82) is 0 Å². The first-order chi connectivity index (χ1) is 8.16. The largest absolute Gasteiger partial charge is 0.491 e. The van der Waals surface area contributed by atoms with Gasteiger partial charge in [-0.15, -0.1) is 0 Å². The molecular formula is C13H11IO3. The lowest BCUT2D eigenvalue weighted by Crippen LogP contribution is -2.25. The third kappa shape index (κ3) is 1.74. The zero-order chi connectivity index (χ0) is 12.0. The summed E-state index contributed by atoms with van der Waals surface area (Å²) in [4.78, 5) is 11.9. The molecule has 1 unspecified atom stereocenters. The Morgan fingerprint density at radius 1 is 1.41 bits per heavy atom. The van der Waals surface area contributed by atoms with Crippen molar-refractivity contribution in [2.24, 2.45) is 0 Å². The van der Waals surface area contributed by atoms with E-state index in [-0.39, 0.29) is 5.63 Å². The lowest BCUT2D eigenvalue weighted by Gasteiger charge is -2.22. The fourth-order valence-electron chi connectivity index (χ4n) is 2.21. The summed E-state index contributed by atoms with van der Waals surface area (Å²) in [6.07, 6.45) is 0.725. The van der Waals surface area contributed by atoms with Crippen LogP contribution in [0, 0.1) is 6.92 Å². The Morgan fingerprint density at radius 3 is 3.06 bits per heavy atom. The Bertz CT molecular complexity index is 645. The topological polar surface area (TPSA) is 39.4 Å². The van der Waals surface area contributed by atoms with E-state index in [0.29, 0.717) is 21.7 Å². The van der Waals surface area contributed by atoms with E-state index in [2.05, 4.69) is 22.6 Å². The van der Waals surface area contributed by atoms with Crippen LogP contribution in [0.15, 0.2) is 27.4 Å². The van der Waals surface area contributed by atoms with Crippen LogP contribution in [0.25, 0.3) is 11.0 Å². The van der Waals surface area contributed by atoms with Crippen molar-refractivity contribution in [3.8, 4) is 5.75 Å². The average Bonchev–Trinajstić information content (AvgIpc) is 2.30. The van der Waals surface area contributed by atoms with Crippen molar-refractivity contribution in [1.82, 2.24) is 0 Å². The van der Waals surface area contributed by atoms with Gasteiger partial charge in [0, 0.05) is 3.92 Å². The molecule has 0 fully saturated rings. The Labute approximate surface area is 112 Å². The molecule has 2 heterocycles. The van der Waals surface area contributed by atoms with E-state index in [9.17, 15) is 4.79 Å². The number of hydrogen-bond donors (Lipinski definition) is 0. The number of hydrogen-bond acceptors (Lipinski definition) is 3. The second-order valence-electron chi connectivity index (χ2n) is 4.26. The van der Waals surface area contributed by atoms with E-state index in [1.807, 2.05) is 25.1 Å². The van der Waals surface area contributed by atoms with E-state index >= 15 is 0 Å². The molecule has 17 heavy (non-hydrogen) atoms. The number of alkyl halides is 1. The van der Waals surface area contributed by atoms with E-state index < -0.39 is 0 Å². The van der Waals surface area contributed by atoms with Crippen LogP contribution < -0.4 is 10.4 Å². The number of halogens is 1. The molecule has 3 rings (SSSR count). The maximum Gasteiger partial charge on any atom is 0.343 e. The number of rotatable bonds is 0. The molecule has 0 saturated carbocycles. The molecule has 0 bridgehead atoms. The van der Waals surface area contributed by atoms with Crippen LogP contribution in [0.2, 0.25) is 0 Å². The van der Waals surface area contributed by atoms with Gasteiger partial charge in [-0.2, -0.15) is 0 Å². The second kappa shape index (κ2) is 4.01. The van der Waals surface area contributed by atoms with Crippen molar-refractivity contribution in [3.05, 3.63) is 39.7 Å². The fraction of sp³-hybridized carbons (Fsp3) is 0.308. The molecule has 3 nitrogen and oxygen atoms in total. The summed E-state index contributed by atoms with van der Waals surface area (Å²) < 4.78 is 11.4. The summed E-state index contributed by atoms with van der Waals surface area (Å²) in [5, 5.41) is 0.936. The maximum absolute atomic E-state index is 11.9. The molecule has 1 aliphatic heterocycles.